The minimum atomic E-state index is -1.31. The number of aromatic amines is 1. The number of carbonyl (C=O) groups is 2. The number of carboxylic acids is 1. The number of halogens is 1. The van der Waals surface area contributed by atoms with E-state index in [1.165, 1.54) is 6.07 Å². The van der Waals surface area contributed by atoms with Gasteiger partial charge in [0.15, 0.2) is 0 Å². The molecule has 0 atom stereocenters. The molecule has 1 aromatic heterocycles. The van der Waals surface area contributed by atoms with E-state index < -0.39 is 16.9 Å². The Balaban J connectivity index is 1.63. The van der Waals surface area contributed by atoms with E-state index in [1.54, 1.807) is 12.1 Å². The van der Waals surface area contributed by atoms with Crippen molar-refractivity contribution in [1.29, 1.82) is 0 Å². The smallest absolute Gasteiger partial charge is 0.341 e. The molecule has 1 aliphatic rings. The summed E-state index contributed by atoms with van der Waals surface area (Å²) in [5.41, 5.74) is 0.518. The third kappa shape index (κ3) is 3.16. The summed E-state index contributed by atoms with van der Waals surface area (Å²) in [6.07, 6.45) is 1.58. The van der Waals surface area contributed by atoms with Gasteiger partial charge >= 0.3 is 5.97 Å². The summed E-state index contributed by atoms with van der Waals surface area (Å²) in [7, 11) is 0. The SMILES string of the molecule is O=C(O)c1cc2cc(Cl)cc(CNC(=O)C3(c4ccccc4)CC3)c2[nH]c1=O. The van der Waals surface area contributed by atoms with Crippen molar-refractivity contribution >= 4 is 34.4 Å². The molecule has 1 amide bonds. The fraction of sp³-hybridized carbons (Fsp3) is 0.190. The molecular formula is C21H17ClN2O4. The number of hydrogen-bond acceptors (Lipinski definition) is 3. The second-order valence-electron chi connectivity index (χ2n) is 6.98. The fourth-order valence-corrected chi connectivity index (χ4v) is 3.78. The van der Waals surface area contributed by atoms with Crippen LogP contribution in [-0.4, -0.2) is 22.0 Å². The first-order chi connectivity index (χ1) is 13.4. The zero-order chi connectivity index (χ0) is 19.9. The maximum Gasteiger partial charge on any atom is 0.341 e. The number of pyridine rings is 1. The average Bonchev–Trinajstić information content (AvgIpc) is 3.48. The van der Waals surface area contributed by atoms with Crippen LogP contribution in [0.15, 0.2) is 53.3 Å². The Labute approximate surface area is 165 Å². The van der Waals surface area contributed by atoms with Gasteiger partial charge in [-0.25, -0.2) is 4.79 Å². The van der Waals surface area contributed by atoms with Crippen LogP contribution in [0.2, 0.25) is 5.02 Å². The van der Waals surface area contributed by atoms with E-state index in [1.807, 2.05) is 30.3 Å². The second-order valence-corrected chi connectivity index (χ2v) is 7.41. The number of rotatable bonds is 5. The molecule has 4 rings (SSSR count). The van der Waals surface area contributed by atoms with Gasteiger partial charge in [-0.3, -0.25) is 9.59 Å². The van der Waals surface area contributed by atoms with Crippen molar-refractivity contribution in [2.75, 3.05) is 0 Å². The Kier molecular flexibility index (Phi) is 4.43. The van der Waals surface area contributed by atoms with E-state index in [2.05, 4.69) is 10.3 Å². The lowest BCUT2D eigenvalue weighted by atomic mass is 9.95. The highest BCUT2D eigenvalue weighted by atomic mass is 35.5. The monoisotopic (exact) mass is 396 g/mol. The molecule has 0 aliphatic heterocycles. The molecule has 0 spiro atoms. The number of H-pyrrole nitrogens is 1. The summed E-state index contributed by atoms with van der Waals surface area (Å²) in [6, 6.07) is 14.2. The second kappa shape index (κ2) is 6.80. The number of nitrogens with one attached hydrogen (secondary N) is 2. The van der Waals surface area contributed by atoms with E-state index in [0.29, 0.717) is 21.5 Å². The van der Waals surface area contributed by atoms with Crippen LogP contribution in [0.4, 0.5) is 0 Å². The molecule has 0 radical (unpaired) electrons. The van der Waals surface area contributed by atoms with Gasteiger partial charge < -0.3 is 15.4 Å². The first kappa shape index (κ1) is 18.3. The first-order valence-corrected chi connectivity index (χ1v) is 9.21. The van der Waals surface area contributed by atoms with Crippen molar-refractivity contribution in [1.82, 2.24) is 10.3 Å². The van der Waals surface area contributed by atoms with Crippen molar-refractivity contribution in [3.8, 4) is 0 Å². The summed E-state index contributed by atoms with van der Waals surface area (Å²) < 4.78 is 0. The van der Waals surface area contributed by atoms with E-state index in [4.69, 9.17) is 16.7 Å². The minimum Gasteiger partial charge on any atom is -0.477 e. The Hall–Kier alpha value is -3.12. The maximum atomic E-state index is 12.8. The van der Waals surface area contributed by atoms with Crippen LogP contribution >= 0.6 is 11.6 Å². The maximum absolute atomic E-state index is 12.8. The molecule has 142 valence electrons. The van der Waals surface area contributed by atoms with Crippen LogP contribution in [0, 0.1) is 0 Å². The summed E-state index contributed by atoms with van der Waals surface area (Å²) >= 11 is 6.16. The van der Waals surface area contributed by atoms with Crippen molar-refractivity contribution in [3.05, 3.63) is 80.6 Å². The van der Waals surface area contributed by atoms with E-state index in [0.717, 1.165) is 18.4 Å². The van der Waals surface area contributed by atoms with E-state index in [-0.39, 0.29) is 18.0 Å². The Morgan fingerprint density at radius 3 is 2.50 bits per heavy atom. The molecule has 7 heteroatoms. The van der Waals surface area contributed by atoms with Gasteiger partial charge in [-0.2, -0.15) is 0 Å². The van der Waals surface area contributed by atoms with Crippen LogP contribution in [-0.2, 0) is 16.8 Å². The summed E-state index contributed by atoms with van der Waals surface area (Å²) in [6.45, 7) is 0.173. The lowest BCUT2D eigenvalue weighted by Crippen LogP contribution is -2.34. The number of carboxylic acid groups (broad SMARTS) is 1. The lowest BCUT2D eigenvalue weighted by molar-refractivity contribution is -0.123. The normalized spacial score (nSPS) is 14.6. The van der Waals surface area contributed by atoms with Gasteiger partial charge in [0, 0.05) is 17.0 Å². The summed E-state index contributed by atoms with van der Waals surface area (Å²) in [4.78, 5) is 38.7. The van der Waals surface area contributed by atoms with E-state index in [9.17, 15) is 14.4 Å². The standard InChI is InChI=1S/C21H17ClN2O4/c22-15-8-12-10-16(19(26)27)18(25)24-17(12)13(9-15)11-23-20(28)21(6-7-21)14-4-2-1-3-5-14/h1-5,8-10H,6-7,11H2,(H,23,28)(H,24,25)(H,26,27). The van der Waals surface area contributed by atoms with Gasteiger partial charge in [0.1, 0.15) is 5.56 Å². The van der Waals surface area contributed by atoms with Crippen molar-refractivity contribution in [3.63, 3.8) is 0 Å². The van der Waals surface area contributed by atoms with Gasteiger partial charge in [-0.05, 0) is 42.2 Å². The van der Waals surface area contributed by atoms with Crippen LogP contribution in [0.3, 0.4) is 0 Å². The number of benzene rings is 2. The molecular weight excluding hydrogens is 380 g/mol. The molecule has 3 N–H and O–H groups in total. The van der Waals surface area contributed by atoms with Crippen molar-refractivity contribution in [2.45, 2.75) is 24.8 Å². The average molecular weight is 397 g/mol. The molecule has 6 nitrogen and oxygen atoms in total. The van der Waals surface area contributed by atoms with Crippen molar-refractivity contribution in [2.24, 2.45) is 0 Å². The molecule has 1 heterocycles. The Morgan fingerprint density at radius 2 is 1.86 bits per heavy atom. The van der Waals surface area contributed by atoms with Crippen LogP contribution < -0.4 is 10.9 Å². The Bertz CT molecular complexity index is 1150. The number of hydrogen-bond donors (Lipinski definition) is 3. The zero-order valence-electron chi connectivity index (χ0n) is 14.8. The number of amides is 1. The molecule has 1 aliphatic carbocycles. The summed E-state index contributed by atoms with van der Waals surface area (Å²) in [5, 5.41) is 13.0. The quantitative estimate of drug-likeness (QED) is 0.616. The molecule has 1 fully saturated rings. The van der Waals surface area contributed by atoms with Gasteiger partial charge in [-0.15, -0.1) is 0 Å². The highest BCUT2D eigenvalue weighted by Crippen LogP contribution is 2.48. The topological polar surface area (TPSA) is 99.3 Å². The van der Waals surface area contributed by atoms with Gasteiger partial charge in [0.2, 0.25) is 5.91 Å². The number of carbonyl (C=O) groups excluding carboxylic acids is 1. The van der Waals surface area contributed by atoms with Gasteiger partial charge in [-0.1, -0.05) is 41.9 Å². The molecule has 28 heavy (non-hydrogen) atoms. The fourth-order valence-electron chi connectivity index (χ4n) is 3.53. The first-order valence-electron chi connectivity index (χ1n) is 8.83. The summed E-state index contributed by atoms with van der Waals surface area (Å²) in [5.74, 6) is -1.38. The highest BCUT2D eigenvalue weighted by molar-refractivity contribution is 6.31. The number of aromatic carboxylic acids is 1. The molecule has 0 bridgehead atoms. The largest absolute Gasteiger partial charge is 0.477 e. The molecule has 2 aromatic carbocycles. The van der Waals surface area contributed by atoms with Crippen molar-refractivity contribution < 1.29 is 14.7 Å². The third-order valence-electron chi connectivity index (χ3n) is 5.18. The van der Waals surface area contributed by atoms with Crippen LogP contribution in [0.1, 0.15) is 34.3 Å². The predicted molar refractivity (Wildman–Crippen MR) is 106 cm³/mol. The zero-order valence-corrected chi connectivity index (χ0v) is 15.5. The molecule has 0 unspecified atom stereocenters. The van der Waals surface area contributed by atoms with Gasteiger partial charge in [0.05, 0.1) is 10.9 Å². The molecule has 3 aromatic rings. The highest BCUT2D eigenvalue weighted by Gasteiger charge is 2.50. The number of aromatic nitrogens is 1. The lowest BCUT2D eigenvalue weighted by Gasteiger charge is -2.16. The minimum absolute atomic E-state index is 0.0728. The Morgan fingerprint density at radius 1 is 1.14 bits per heavy atom. The number of fused-ring (bicyclic) bond motifs is 1. The molecule has 1 saturated carbocycles. The van der Waals surface area contributed by atoms with Gasteiger partial charge in [0.25, 0.3) is 5.56 Å². The molecule has 0 saturated heterocycles. The van der Waals surface area contributed by atoms with E-state index >= 15 is 0 Å². The van der Waals surface area contributed by atoms with Crippen LogP contribution in [0.25, 0.3) is 10.9 Å². The third-order valence-corrected chi connectivity index (χ3v) is 5.40. The predicted octanol–water partition coefficient (Wildman–Crippen LogP) is 3.23. The van der Waals surface area contributed by atoms with Crippen LogP contribution in [0.5, 0.6) is 0 Å².